The molecule has 0 aliphatic heterocycles. The van der Waals surface area contributed by atoms with Crippen LogP contribution >= 0.6 is 0 Å². The quantitative estimate of drug-likeness (QED) is 0.295. The fourth-order valence-electron chi connectivity index (χ4n) is 1.67. The monoisotopic (exact) mass is 311 g/mol. The Hall–Kier alpha value is -2.35. The van der Waals surface area contributed by atoms with Crippen molar-refractivity contribution in [3.05, 3.63) is 27.8 Å². The van der Waals surface area contributed by atoms with Crippen molar-refractivity contribution in [2.45, 2.75) is 20.3 Å². The van der Waals surface area contributed by atoms with E-state index in [2.05, 4.69) is 10.5 Å². The molecule has 0 aliphatic rings. The number of hydrogen-bond donors (Lipinski definition) is 2. The summed E-state index contributed by atoms with van der Waals surface area (Å²) in [5.74, 6) is 0.447. The van der Waals surface area contributed by atoms with Crippen molar-refractivity contribution < 1.29 is 19.5 Å². The van der Waals surface area contributed by atoms with Crippen molar-refractivity contribution in [1.82, 2.24) is 5.43 Å². The van der Waals surface area contributed by atoms with Gasteiger partial charge >= 0.3 is 5.69 Å². The summed E-state index contributed by atoms with van der Waals surface area (Å²) in [7, 11) is 0. The Kier molecular flexibility index (Phi) is 7.69. The van der Waals surface area contributed by atoms with Crippen LogP contribution in [0, 0.1) is 10.1 Å². The van der Waals surface area contributed by atoms with Crippen molar-refractivity contribution in [3.63, 3.8) is 0 Å². The summed E-state index contributed by atoms with van der Waals surface area (Å²) in [4.78, 5) is 10.7. The van der Waals surface area contributed by atoms with Gasteiger partial charge in [-0.3, -0.25) is 10.1 Å². The highest BCUT2D eigenvalue weighted by Gasteiger charge is 2.22. The Morgan fingerprint density at radius 3 is 2.77 bits per heavy atom. The lowest BCUT2D eigenvalue weighted by molar-refractivity contribution is -0.386. The highest BCUT2D eigenvalue weighted by atomic mass is 16.6. The predicted octanol–water partition coefficient (Wildman–Crippen LogP) is 1.70. The largest absolute Gasteiger partial charge is 0.490 e. The van der Waals surface area contributed by atoms with Gasteiger partial charge in [0, 0.05) is 11.6 Å². The smallest absolute Gasteiger partial charge is 0.315 e. The molecular weight excluding hydrogens is 290 g/mol. The molecule has 1 aromatic rings. The number of hydrogen-bond acceptors (Lipinski definition) is 7. The van der Waals surface area contributed by atoms with Crippen LogP contribution in [0.25, 0.3) is 0 Å². The van der Waals surface area contributed by atoms with E-state index in [1.165, 1.54) is 12.3 Å². The van der Waals surface area contributed by atoms with Gasteiger partial charge in [-0.15, -0.1) is 0 Å². The van der Waals surface area contributed by atoms with Crippen molar-refractivity contribution in [2.24, 2.45) is 5.10 Å². The van der Waals surface area contributed by atoms with Gasteiger partial charge in [-0.2, -0.15) is 5.10 Å². The Bertz CT molecular complexity index is 519. The number of hydrazone groups is 1. The van der Waals surface area contributed by atoms with E-state index in [1.54, 1.807) is 13.0 Å². The molecule has 0 saturated heterocycles. The van der Waals surface area contributed by atoms with E-state index in [1.807, 2.05) is 6.92 Å². The van der Waals surface area contributed by atoms with Gasteiger partial charge in [-0.1, -0.05) is 6.92 Å². The van der Waals surface area contributed by atoms with E-state index in [4.69, 9.17) is 14.6 Å². The van der Waals surface area contributed by atoms with E-state index < -0.39 is 4.92 Å². The zero-order valence-electron chi connectivity index (χ0n) is 12.7. The summed E-state index contributed by atoms with van der Waals surface area (Å²) in [6, 6.07) is 3.00. The molecule has 122 valence electrons. The highest BCUT2D eigenvalue weighted by Crippen LogP contribution is 2.38. The molecule has 2 N–H and O–H groups in total. The average Bonchev–Trinajstić information content (AvgIpc) is 2.50. The fourth-order valence-corrected chi connectivity index (χ4v) is 1.67. The number of benzene rings is 1. The van der Waals surface area contributed by atoms with E-state index in [9.17, 15) is 10.1 Å². The number of nitrogens with one attached hydrogen (secondary N) is 1. The number of ether oxygens (including phenoxy) is 2. The minimum Gasteiger partial charge on any atom is -0.490 e. The summed E-state index contributed by atoms with van der Waals surface area (Å²) >= 11 is 0. The van der Waals surface area contributed by atoms with Crippen LogP contribution in [-0.2, 0) is 0 Å². The molecule has 22 heavy (non-hydrogen) atoms. The molecule has 0 bridgehead atoms. The number of nitrogens with zero attached hydrogens (tertiary/aromatic N) is 2. The molecule has 0 amide bonds. The third-order valence-electron chi connectivity index (χ3n) is 2.53. The van der Waals surface area contributed by atoms with E-state index >= 15 is 0 Å². The van der Waals surface area contributed by atoms with E-state index in [0.29, 0.717) is 31.1 Å². The first-order valence-electron chi connectivity index (χ1n) is 7.08. The standard InChI is InChI=1S/C14H21N3O5/c1-3-7-22-14-12(17(19)20)8-11(9-13(14)21-4-2)10-16-15-5-6-18/h8-10,15,18H,3-7H2,1-2H3. The topological polar surface area (TPSA) is 106 Å². The van der Waals surface area contributed by atoms with Gasteiger partial charge in [-0.25, -0.2) is 0 Å². The molecule has 8 heteroatoms. The zero-order chi connectivity index (χ0) is 16.4. The van der Waals surface area contributed by atoms with E-state index in [-0.39, 0.29) is 18.0 Å². The van der Waals surface area contributed by atoms with Crippen LogP contribution in [0.3, 0.4) is 0 Å². The van der Waals surface area contributed by atoms with Crippen LogP contribution in [0.2, 0.25) is 0 Å². The minimum atomic E-state index is -0.508. The summed E-state index contributed by atoms with van der Waals surface area (Å²) in [6.45, 7) is 4.69. The molecule has 0 radical (unpaired) electrons. The number of nitro benzene ring substituents is 1. The maximum atomic E-state index is 11.2. The van der Waals surface area contributed by atoms with Crippen LogP contribution in [-0.4, -0.2) is 42.6 Å². The molecule has 0 unspecified atom stereocenters. The molecule has 1 rings (SSSR count). The lowest BCUT2D eigenvalue weighted by Gasteiger charge is -2.12. The summed E-state index contributed by atoms with van der Waals surface area (Å²) < 4.78 is 10.9. The van der Waals surface area contributed by atoms with Crippen LogP contribution in [0.15, 0.2) is 17.2 Å². The Balaban J connectivity index is 3.15. The molecule has 0 spiro atoms. The molecule has 1 aromatic carbocycles. The van der Waals surface area contributed by atoms with E-state index in [0.717, 1.165) is 6.42 Å². The van der Waals surface area contributed by atoms with Crippen molar-refractivity contribution in [2.75, 3.05) is 26.4 Å². The number of rotatable bonds is 10. The molecule has 0 heterocycles. The summed E-state index contributed by atoms with van der Waals surface area (Å²) in [5, 5.41) is 23.8. The molecule has 0 saturated carbocycles. The first-order chi connectivity index (χ1) is 10.6. The average molecular weight is 311 g/mol. The first kappa shape index (κ1) is 17.7. The second-order valence-corrected chi connectivity index (χ2v) is 4.30. The number of aliphatic hydroxyl groups is 1. The van der Waals surface area contributed by atoms with Gasteiger partial charge in [0.15, 0.2) is 5.75 Å². The van der Waals surface area contributed by atoms with Crippen molar-refractivity contribution in [3.8, 4) is 11.5 Å². The van der Waals surface area contributed by atoms with Crippen molar-refractivity contribution >= 4 is 11.9 Å². The fraction of sp³-hybridized carbons (Fsp3) is 0.500. The molecule has 0 aromatic heterocycles. The lowest BCUT2D eigenvalue weighted by atomic mass is 10.2. The Morgan fingerprint density at radius 2 is 2.18 bits per heavy atom. The molecule has 0 atom stereocenters. The SMILES string of the molecule is CCCOc1c(OCC)cc(C=NNCCO)cc1[N+](=O)[O-]. The number of aliphatic hydroxyl groups excluding tert-OH is 1. The van der Waals surface area contributed by atoms with Crippen molar-refractivity contribution in [1.29, 1.82) is 0 Å². The van der Waals surface area contributed by atoms with Crippen LogP contribution in [0.4, 0.5) is 5.69 Å². The second-order valence-electron chi connectivity index (χ2n) is 4.30. The normalized spacial score (nSPS) is 10.7. The van der Waals surface area contributed by atoms with Gasteiger partial charge < -0.3 is 20.0 Å². The van der Waals surface area contributed by atoms with Crippen LogP contribution in [0.1, 0.15) is 25.8 Å². The van der Waals surface area contributed by atoms with Gasteiger partial charge in [0.25, 0.3) is 0 Å². The Labute approximate surface area is 128 Å². The molecule has 0 fully saturated rings. The van der Waals surface area contributed by atoms with Gasteiger partial charge in [0.1, 0.15) is 0 Å². The second kappa shape index (κ2) is 9.56. The third-order valence-corrected chi connectivity index (χ3v) is 2.53. The molecule has 8 nitrogen and oxygen atoms in total. The zero-order valence-corrected chi connectivity index (χ0v) is 12.7. The molecular formula is C14H21N3O5. The lowest BCUT2D eigenvalue weighted by Crippen LogP contribution is -2.11. The van der Waals surface area contributed by atoms with Gasteiger partial charge in [-0.05, 0) is 19.4 Å². The maximum Gasteiger partial charge on any atom is 0.315 e. The highest BCUT2D eigenvalue weighted by molar-refractivity contribution is 5.83. The van der Waals surface area contributed by atoms with Crippen LogP contribution in [0.5, 0.6) is 11.5 Å². The maximum absolute atomic E-state index is 11.2. The van der Waals surface area contributed by atoms with Gasteiger partial charge in [0.05, 0.1) is 37.5 Å². The molecule has 0 aliphatic carbocycles. The Morgan fingerprint density at radius 1 is 1.41 bits per heavy atom. The number of nitro groups is 1. The van der Waals surface area contributed by atoms with Crippen LogP contribution < -0.4 is 14.9 Å². The predicted molar refractivity (Wildman–Crippen MR) is 82.7 cm³/mol. The first-order valence-corrected chi connectivity index (χ1v) is 7.08. The van der Waals surface area contributed by atoms with Gasteiger partial charge in [0.2, 0.25) is 5.75 Å². The third kappa shape index (κ3) is 5.21. The minimum absolute atomic E-state index is 0.0501. The summed E-state index contributed by atoms with van der Waals surface area (Å²) in [5.41, 5.74) is 2.95. The summed E-state index contributed by atoms with van der Waals surface area (Å²) in [6.07, 6.45) is 2.16.